The minimum atomic E-state index is -0.499. The van der Waals surface area contributed by atoms with Crippen LogP contribution in [0.25, 0.3) is 0 Å². The van der Waals surface area contributed by atoms with Gasteiger partial charge in [0.2, 0.25) is 17.7 Å². The zero-order valence-electron chi connectivity index (χ0n) is 15.2. The van der Waals surface area contributed by atoms with Crippen LogP contribution in [0.5, 0.6) is 0 Å². The predicted molar refractivity (Wildman–Crippen MR) is 110 cm³/mol. The summed E-state index contributed by atoms with van der Waals surface area (Å²) in [7, 11) is 1.55. The summed E-state index contributed by atoms with van der Waals surface area (Å²) < 4.78 is 0. The third-order valence-electron chi connectivity index (χ3n) is 4.52. The molecule has 1 aliphatic heterocycles. The van der Waals surface area contributed by atoms with E-state index in [0.717, 1.165) is 0 Å². The smallest absolute Gasteiger partial charge is 0.244 e. The fourth-order valence-electron chi connectivity index (χ4n) is 3.10. The zero-order valence-corrected chi connectivity index (χ0v) is 16.7. The molecule has 3 rings (SSSR count). The van der Waals surface area contributed by atoms with Gasteiger partial charge in [0.25, 0.3) is 0 Å². The second kappa shape index (κ2) is 8.63. The number of likely N-dealkylation sites (N-methyl/N-ethyl adjacent to an activating group) is 1. The van der Waals surface area contributed by atoms with Crippen molar-refractivity contribution in [1.82, 2.24) is 4.90 Å². The molecule has 2 aromatic carbocycles. The van der Waals surface area contributed by atoms with Gasteiger partial charge in [-0.1, -0.05) is 35.3 Å². The van der Waals surface area contributed by atoms with Gasteiger partial charge >= 0.3 is 0 Å². The van der Waals surface area contributed by atoms with Crippen molar-refractivity contribution in [1.29, 1.82) is 0 Å². The highest BCUT2D eigenvalue weighted by molar-refractivity contribution is 6.33. The lowest BCUT2D eigenvalue weighted by atomic mass is 10.1. The first-order chi connectivity index (χ1) is 13.3. The van der Waals surface area contributed by atoms with Crippen molar-refractivity contribution in [2.75, 3.05) is 30.4 Å². The van der Waals surface area contributed by atoms with E-state index < -0.39 is 5.92 Å². The molecular formula is C20H19Cl2N3O3. The van der Waals surface area contributed by atoms with Crippen LogP contribution in [0.1, 0.15) is 6.42 Å². The van der Waals surface area contributed by atoms with Crippen molar-refractivity contribution >= 4 is 52.3 Å². The minimum absolute atomic E-state index is 0.109. The SMILES string of the molecule is CN(CC(=O)Nc1ccccc1Cl)C(=O)C1CC(=O)N(c2ccc(Cl)cc2)C1. The van der Waals surface area contributed by atoms with E-state index in [4.69, 9.17) is 23.2 Å². The lowest BCUT2D eigenvalue weighted by molar-refractivity contribution is -0.137. The largest absolute Gasteiger partial charge is 0.336 e. The number of halogens is 2. The molecule has 0 aromatic heterocycles. The molecule has 0 aliphatic carbocycles. The topological polar surface area (TPSA) is 69.7 Å². The van der Waals surface area contributed by atoms with Crippen molar-refractivity contribution < 1.29 is 14.4 Å². The third kappa shape index (κ3) is 4.64. The molecule has 1 N–H and O–H groups in total. The van der Waals surface area contributed by atoms with Crippen LogP contribution >= 0.6 is 23.2 Å². The van der Waals surface area contributed by atoms with Crippen molar-refractivity contribution in [3.63, 3.8) is 0 Å². The molecule has 1 heterocycles. The minimum Gasteiger partial charge on any atom is -0.336 e. The molecule has 3 amide bonds. The molecule has 1 unspecified atom stereocenters. The highest BCUT2D eigenvalue weighted by atomic mass is 35.5. The van der Waals surface area contributed by atoms with Gasteiger partial charge in [-0.05, 0) is 36.4 Å². The Morgan fingerprint density at radius 2 is 1.82 bits per heavy atom. The molecule has 0 saturated carbocycles. The fraction of sp³-hybridized carbons (Fsp3) is 0.250. The Morgan fingerprint density at radius 3 is 2.50 bits per heavy atom. The first kappa shape index (κ1) is 20.2. The van der Waals surface area contributed by atoms with E-state index in [1.54, 1.807) is 60.5 Å². The molecule has 1 aliphatic rings. The Labute approximate surface area is 173 Å². The second-order valence-electron chi connectivity index (χ2n) is 6.60. The summed E-state index contributed by atoms with van der Waals surface area (Å²) in [6, 6.07) is 13.8. The van der Waals surface area contributed by atoms with Crippen molar-refractivity contribution in [3.8, 4) is 0 Å². The van der Waals surface area contributed by atoms with Crippen LogP contribution < -0.4 is 10.2 Å². The summed E-state index contributed by atoms with van der Waals surface area (Å²) >= 11 is 11.9. The van der Waals surface area contributed by atoms with Crippen molar-refractivity contribution in [2.45, 2.75) is 6.42 Å². The normalized spacial score (nSPS) is 16.2. The predicted octanol–water partition coefficient (Wildman–Crippen LogP) is 3.44. The van der Waals surface area contributed by atoms with Crippen LogP contribution in [-0.2, 0) is 14.4 Å². The number of hydrogen-bond donors (Lipinski definition) is 1. The standard InChI is InChI=1S/C20H19Cl2N3O3/c1-24(12-18(26)23-17-5-3-2-4-16(17)22)20(28)13-10-19(27)25(11-13)15-8-6-14(21)7-9-15/h2-9,13H,10-12H2,1H3,(H,23,26). The van der Waals surface area contributed by atoms with Gasteiger partial charge < -0.3 is 15.1 Å². The fourth-order valence-corrected chi connectivity index (χ4v) is 3.41. The Bertz CT molecular complexity index is 902. The van der Waals surface area contributed by atoms with E-state index in [-0.39, 0.29) is 37.2 Å². The number of carbonyl (C=O) groups excluding carboxylic acids is 3. The molecule has 8 heteroatoms. The lowest BCUT2D eigenvalue weighted by Gasteiger charge is -2.21. The summed E-state index contributed by atoms with van der Waals surface area (Å²) in [5.74, 6) is -1.24. The van der Waals surface area contributed by atoms with Crippen LogP contribution in [0.4, 0.5) is 11.4 Å². The van der Waals surface area contributed by atoms with E-state index in [0.29, 0.717) is 21.4 Å². The number of benzene rings is 2. The quantitative estimate of drug-likeness (QED) is 0.806. The van der Waals surface area contributed by atoms with Crippen LogP contribution in [0.15, 0.2) is 48.5 Å². The van der Waals surface area contributed by atoms with Crippen LogP contribution in [0.3, 0.4) is 0 Å². The first-order valence-electron chi connectivity index (χ1n) is 8.70. The summed E-state index contributed by atoms with van der Waals surface area (Å²) in [6.07, 6.45) is 0.109. The molecule has 1 fully saturated rings. The Kier molecular flexibility index (Phi) is 6.21. The average Bonchev–Trinajstić information content (AvgIpc) is 3.05. The highest BCUT2D eigenvalue weighted by Crippen LogP contribution is 2.27. The Balaban J connectivity index is 1.59. The molecule has 146 valence electrons. The number of rotatable bonds is 5. The lowest BCUT2D eigenvalue weighted by Crippen LogP contribution is -2.39. The summed E-state index contributed by atoms with van der Waals surface area (Å²) in [5, 5.41) is 3.68. The van der Waals surface area contributed by atoms with E-state index in [9.17, 15) is 14.4 Å². The number of nitrogens with one attached hydrogen (secondary N) is 1. The van der Waals surface area contributed by atoms with Gasteiger partial charge in [0.15, 0.2) is 0 Å². The number of hydrogen-bond acceptors (Lipinski definition) is 3. The zero-order chi connectivity index (χ0) is 20.3. The number of nitrogens with zero attached hydrogens (tertiary/aromatic N) is 2. The molecule has 0 spiro atoms. The molecule has 6 nitrogen and oxygen atoms in total. The van der Waals surface area contributed by atoms with Crippen LogP contribution in [-0.4, -0.2) is 42.8 Å². The number of amides is 3. The summed E-state index contributed by atoms with van der Waals surface area (Å²) in [5.41, 5.74) is 1.18. The Morgan fingerprint density at radius 1 is 1.14 bits per heavy atom. The number of para-hydroxylation sites is 1. The highest BCUT2D eigenvalue weighted by Gasteiger charge is 2.36. The van der Waals surface area contributed by atoms with Gasteiger partial charge in [0.05, 0.1) is 23.2 Å². The molecular weight excluding hydrogens is 401 g/mol. The molecule has 0 bridgehead atoms. The van der Waals surface area contributed by atoms with Crippen molar-refractivity contribution in [3.05, 3.63) is 58.6 Å². The second-order valence-corrected chi connectivity index (χ2v) is 7.45. The maximum atomic E-state index is 12.7. The first-order valence-corrected chi connectivity index (χ1v) is 9.46. The summed E-state index contributed by atoms with van der Waals surface area (Å²) in [4.78, 5) is 40.1. The van der Waals surface area contributed by atoms with E-state index in [1.807, 2.05) is 0 Å². The molecule has 2 aromatic rings. The van der Waals surface area contributed by atoms with Crippen molar-refractivity contribution in [2.24, 2.45) is 5.92 Å². The molecule has 1 saturated heterocycles. The van der Waals surface area contributed by atoms with Gasteiger partial charge in [-0.15, -0.1) is 0 Å². The Hall–Kier alpha value is -2.57. The van der Waals surface area contributed by atoms with Crippen LogP contribution in [0, 0.1) is 5.92 Å². The van der Waals surface area contributed by atoms with Gasteiger partial charge in [0.1, 0.15) is 0 Å². The summed E-state index contributed by atoms with van der Waals surface area (Å²) in [6.45, 7) is 0.144. The van der Waals surface area contributed by atoms with Gasteiger partial charge in [0, 0.05) is 30.7 Å². The molecule has 0 radical (unpaired) electrons. The number of anilines is 2. The van der Waals surface area contributed by atoms with E-state index >= 15 is 0 Å². The molecule has 1 atom stereocenters. The van der Waals surface area contributed by atoms with E-state index in [2.05, 4.69) is 5.32 Å². The number of carbonyl (C=O) groups is 3. The maximum absolute atomic E-state index is 12.7. The van der Waals surface area contributed by atoms with Gasteiger partial charge in [-0.3, -0.25) is 14.4 Å². The van der Waals surface area contributed by atoms with E-state index in [1.165, 1.54) is 4.90 Å². The van der Waals surface area contributed by atoms with Gasteiger partial charge in [-0.2, -0.15) is 0 Å². The molecule has 28 heavy (non-hydrogen) atoms. The average molecular weight is 420 g/mol. The van der Waals surface area contributed by atoms with Crippen LogP contribution in [0.2, 0.25) is 10.0 Å². The maximum Gasteiger partial charge on any atom is 0.244 e. The third-order valence-corrected chi connectivity index (χ3v) is 5.10. The van der Waals surface area contributed by atoms with Gasteiger partial charge in [-0.25, -0.2) is 0 Å². The monoisotopic (exact) mass is 419 g/mol.